The van der Waals surface area contributed by atoms with Crippen molar-refractivity contribution >= 4 is 28.6 Å². The first-order chi connectivity index (χ1) is 6.20. The van der Waals surface area contributed by atoms with Crippen LogP contribution in [-0.2, 0) is 22.4 Å². The third-order valence-corrected chi connectivity index (χ3v) is 1.98. The van der Waals surface area contributed by atoms with Crippen LogP contribution < -0.4 is 0 Å². The second-order valence-electron chi connectivity index (χ2n) is 2.44. The Morgan fingerprint density at radius 1 is 1.50 bits per heavy atom. The van der Waals surface area contributed by atoms with Gasteiger partial charge >= 0.3 is 5.97 Å². The van der Waals surface area contributed by atoms with Crippen molar-refractivity contribution in [3.8, 4) is 0 Å². The molecule has 1 aromatic carbocycles. The van der Waals surface area contributed by atoms with Gasteiger partial charge in [0.05, 0.1) is 10.5 Å². The van der Waals surface area contributed by atoms with Crippen molar-refractivity contribution in [3.63, 3.8) is 0 Å². The zero-order valence-electron chi connectivity index (χ0n) is 6.58. The summed E-state index contributed by atoms with van der Waals surface area (Å²) in [7, 11) is 0. The molecule has 2 N–H and O–H groups in total. The summed E-state index contributed by atoms with van der Waals surface area (Å²) in [5, 5.41) is 18.7. The van der Waals surface area contributed by atoms with Crippen molar-refractivity contribution in [3.05, 3.63) is 22.7 Å². The largest absolute Gasteiger partial charge is 0.478 e. The minimum absolute atomic E-state index is 0. The van der Waals surface area contributed by atoms with Gasteiger partial charge in [0, 0.05) is 22.4 Å². The van der Waals surface area contributed by atoms with Crippen molar-refractivity contribution in [2.24, 2.45) is 0 Å². The van der Waals surface area contributed by atoms with Gasteiger partial charge in [-0.25, -0.2) is 4.79 Å². The van der Waals surface area contributed by atoms with E-state index >= 15 is 0 Å². The second-order valence-corrected chi connectivity index (χ2v) is 2.84. The number of hydrogen-bond acceptors (Lipinski definition) is 3. The fraction of sp³-hybridized carbons (Fsp3) is 0. The first-order valence-corrected chi connectivity index (χ1v) is 3.80. The number of rotatable bonds is 1. The Morgan fingerprint density at radius 2 is 2.21 bits per heavy atom. The average Bonchev–Trinajstić information content (AvgIpc) is 2.50. The SMILES string of the molecule is O=C(O)c1c(Cl)ccc2[nH]nnc12.[Ag]. The van der Waals surface area contributed by atoms with E-state index < -0.39 is 5.97 Å². The quantitative estimate of drug-likeness (QED) is 0.779. The Morgan fingerprint density at radius 3 is 2.86 bits per heavy atom. The molecular formula is C7H4AgClN3O2. The fourth-order valence-corrected chi connectivity index (χ4v) is 1.33. The molecule has 14 heavy (non-hydrogen) atoms. The van der Waals surface area contributed by atoms with E-state index in [4.69, 9.17) is 16.7 Å². The molecule has 1 heterocycles. The Balaban J connectivity index is 0.000000980. The summed E-state index contributed by atoms with van der Waals surface area (Å²) in [6.45, 7) is 0. The molecule has 0 spiro atoms. The smallest absolute Gasteiger partial charge is 0.339 e. The number of benzene rings is 1. The molecule has 2 rings (SSSR count). The first-order valence-electron chi connectivity index (χ1n) is 3.42. The number of fused-ring (bicyclic) bond motifs is 1. The number of nitrogens with zero attached hydrogens (tertiary/aromatic N) is 2. The van der Waals surface area contributed by atoms with Crippen LogP contribution in [0.5, 0.6) is 0 Å². The number of carbonyl (C=O) groups is 1. The zero-order valence-corrected chi connectivity index (χ0v) is 8.82. The van der Waals surface area contributed by atoms with Crippen LogP contribution in [0, 0.1) is 0 Å². The van der Waals surface area contributed by atoms with Crippen molar-refractivity contribution < 1.29 is 32.3 Å². The maximum absolute atomic E-state index is 10.8. The molecule has 7 heteroatoms. The topological polar surface area (TPSA) is 78.9 Å². The summed E-state index contributed by atoms with van der Waals surface area (Å²) in [6.07, 6.45) is 0. The van der Waals surface area contributed by atoms with Crippen LogP contribution in [-0.4, -0.2) is 26.5 Å². The van der Waals surface area contributed by atoms with Crippen LogP contribution in [0.15, 0.2) is 12.1 Å². The molecule has 0 atom stereocenters. The van der Waals surface area contributed by atoms with Crippen molar-refractivity contribution in [2.45, 2.75) is 0 Å². The van der Waals surface area contributed by atoms with E-state index in [1.165, 1.54) is 6.07 Å². The molecule has 1 aromatic heterocycles. The summed E-state index contributed by atoms with van der Waals surface area (Å²) in [5.74, 6) is -1.11. The molecule has 2 aromatic rings. The summed E-state index contributed by atoms with van der Waals surface area (Å²) < 4.78 is 0. The standard InChI is InChI=1S/C7H4ClN3O2.Ag/c8-3-1-2-4-6(10-11-9-4)5(3)7(12)13;/h1-2H,(H,12,13)(H,9,10,11);. The minimum Gasteiger partial charge on any atom is -0.478 e. The molecule has 0 unspecified atom stereocenters. The molecule has 5 nitrogen and oxygen atoms in total. The van der Waals surface area contributed by atoms with Gasteiger partial charge in [-0.2, -0.15) is 0 Å². The molecule has 0 aliphatic rings. The maximum Gasteiger partial charge on any atom is 0.339 e. The van der Waals surface area contributed by atoms with Gasteiger partial charge in [-0.15, -0.1) is 5.10 Å². The molecule has 1 radical (unpaired) electrons. The van der Waals surface area contributed by atoms with Crippen molar-refractivity contribution in [1.29, 1.82) is 0 Å². The number of hydrogen-bond donors (Lipinski definition) is 2. The van der Waals surface area contributed by atoms with Gasteiger partial charge in [0.25, 0.3) is 0 Å². The molecule has 0 bridgehead atoms. The summed E-state index contributed by atoms with van der Waals surface area (Å²) in [6, 6.07) is 3.12. The van der Waals surface area contributed by atoms with Gasteiger partial charge < -0.3 is 5.11 Å². The van der Waals surface area contributed by atoms with Gasteiger partial charge in [0.1, 0.15) is 11.1 Å². The predicted octanol–water partition coefficient (Wildman–Crippen LogP) is 1.31. The van der Waals surface area contributed by atoms with Gasteiger partial charge in [0.2, 0.25) is 0 Å². The molecule has 0 aliphatic carbocycles. The minimum atomic E-state index is -1.11. The monoisotopic (exact) mass is 304 g/mol. The Bertz CT molecular complexity index is 485. The van der Waals surface area contributed by atoms with Gasteiger partial charge in [-0.3, -0.25) is 5.10 Å². The normalized spacial score (nSPS) is 9.79. The number of nitrogens with one attached hydrogen (secondary N) is 1. The van der Waals surface area contributed by atoms with Crippen LogP contribution >= 0.6 is 11.6 Å². The Kier molecular flexibility index (Phi) is 3.28. The number of aromatic carboxylic acids is 1. The van der Waals surface area contributed by atoms with E-state index in [1.54, 1.807) is 6.07 Å². The first kappa shape index (κ1) is 11.2. The van der Waals surface area contributed by atoms with Crippen LogP contribution in [0.1, 0.15) is 10.4 Å². The maximum atomic E-state index is 10.8. The number of carboxylic acid groups (broad SMARTS) is 1. The van der Waals surface area contributed by atoms with E-state index in [0.29, 0.717) is 5.52 Å². The number of aromatic amines is 1. The summed E-state index contributed by atoms with van der Waals surface area (Å²) >= 11 is 5.69. The van der Waals surface area contributed by atoms with Crippen molar-refractivity contribution in [2.75, 3.05) is 0 Å². The van der Waals surface area contributed by atoms with E-state index in [1.807, 2.05) is 0 Å². The van der Waals surface area contributed by atoms with E-state index in [0.717, 1.165) is 0 Å². The van der Waals surface area contributed by atoms with Gasteiger partial charge in [-0.1, -0.05) is 16.8 Å². The molecule has 77 valence electrons. The molecule has 0 saturated heterocycles. The number of halogens is 1. The second kappa shape index (κ2) is 4.10. The third-order valence-electron chi connectivity index (χ3n) is 1.66. The summed E-state index contributed by atoms with van der Waals surface area (Å²) in [5.41, 5.74) is 0.815. The van der Waals surface area contributed by atoms with Crippen LogP contribution in [0.4, 0.5) is 0 Å². The number of carboxylic acids is 1. The van der Waals surface area contributed by atoms with E-state index in [2.05, 4.69) is 15.4 Å². The third kappa shape index (κ3) is 1.67. The average molecular weight is 305 g/mol. The van der Waals surface area contributed by atoms with E-state index in [-0.39, 0.29) is 38.5 Å². The van der Waals surface area contributed by atoms with Crippen LogP contribution in [0.2, 0.25) is 5.02 Å². The molecule has 0 aliphatic heterocycles. The van der Waals surface area contributed by atoms with Crippen LogP contribution in [0.3, 0.4) is 0 Å². The Labute approximate surface area is 99.0 Å². The Hall–Kier alpha value is -0.880. The number of aromatic nitrogens is 3. The molecule has 0 amide bonds. The van der Waals surface area contributed by atoms with Gasteiger partial charge in [0.15, 0.2) is 0 Å². The zero-order chi connectivity index (χ0) is 9.42. The molecule has 0 saturated carbocycles. The number of H-pyrrole nitrogens is 1. The van der Waals surface area contributed by atoms with E-state index in [9.17, 15) is 4.79 Å². The van der Waals surface area contributed by atoms with Gasteiger partial charge in [-0.05, 0) is 12.1 Å². The fourth-order valence-electron chi connectivity index (χ4n) is 1.09. The molecule has 0 fully saturated rings. The molecular weight excluding hydrogens is 301 g/mol. The predicted molar refractivity (Wildman–Crippen MR) is 45.9 cm³/mol. The van der Waals surface area contributed by atoms with Crippen molar-refractivity contribution in [1.82, 2.24) is 15.4 Å². The summed E-state index contributed by atoms with van der Waals surface area (Å²) in [4.78, 5) is 10.8. The van der Waals surface area contributed by atoms with Crippen LogP contribution in [0.25, 0.3) is 11.0 Å².